The summed E-state index contributed by atoms with van der Waals surface area (Å²) in [5.74, 6) is 0.622. The number of sulfonamides is 1. The van der Waals surface area contributed by atoms with E-state index in [-0.39, 0.29) is 5.25 Å². The van der Waals surface area contributed by atoms with Crippen molar-refractivity contribution in [3.8, 4) is 5.75 Å². The molecule has 4 nitrogen and oxygen atoms in total. The van der Waals surface area contributed by atoms with Gasteiger partial charge in [-0.1, -0.05) is 0 Å². The summed E-state index contributed by atoms with van der Waals surface area (Å²) >= 11 is 3.30. The van der Waals surface area contributed by atoms with Crippen molar-refractivity contribution in [1.82, 2.24) is 0 Å². The average molecular weight is 306 g/mol. The summed E-state index contributed by atoms with van der Waals surface area (Å²) < 4.78 is 31.8. The van der Waals surface area contributed by atoms with Crippen molar-refractivity contribution in [2.75, 3.05) is 11.8 Å². The van der Waals surface area contributed by atoms with Crippen molar-refractivity contribution in [2.45, 2.75) is 18.1 Å². The first-order valence-electron chi connectivity index (χ1n) is 4.88. The molecule has 0 atom stereocenters. The summed E-state index contributed by atoms with van der Waals surface area (Å²) in [6, 6.07) is 5.17. The Hall–Kier alpha value is -0.750. The van der Waals surface area contributed by atoms with Gasteiger partial charge in [0.15, 0.2) is 0 Å². The van der Waals surface area contributed by atoms with E-state index in [1.807, 2.05) is 0 Å². The molecule has 0 unspecified atom stereocenters. The molecule has 0 amide bonds. The van der Waals surface area contributed by atoms with Gasteiger partial charge < -0.3 is 4.74 Å². The normalized spacial score (nSPS) is 15.9. The van der Waals surface area contributed by atoms with Crippen LogP contribution in [0.4, 0.5) is 5.69 Å². The minimum Gasteiger partial charge on any atom is -0.497 e. The highest BCUT2D eigenvalue weighted by atomic mass is 79.9. The van der Waals surface area contributed by atoms with Gasteiger partial charge in [-0.3, -0.25) is 4.72 Å². The van der Waals surface area contributed by atoms with Gasteiger partial charge in [0.25, 0.3) is 0 Å². The number of benzene rings is 1. The van der Waals surface area contributed by atoms with Gasteiger partial charge in [-0.05, 0) is 40.9 Å². The summed E-state index contributed by atoms with van der Waals surface area (Å²) in [7, 11) is -1.68. The maximum atomic E-state index is 11.7. The van der Waals surface area contributed by atoms with Gasteiger partial charge in [0.1, 0.15) is 5.75 Å². The zero-order chi connectivity index (χ0) is 11.8. The Balaban J connectivity index is 2.26. The molecule has 0 spiro atoms. The highest BCUT2D eigenvalue weighted by molar-refractivity contribution is 9.10. The van der Waals surface area contributed by atoms with Crippen molar-refractivity contribution in [2.24, 2.45) is 0 Å². The number of hydrogen-bond donors (Lipinski definition) is 1. The van der Waals surface area contributed by atoms with Crippen LogP contribution in [0.3, 0.4) is 0 Å². The van der Waals surface area contributed by atoms with Gasteiger partial charge in [0.2, 0.25) is 10.0 Å². The molecule has 6 heteroatoms. The third-order valence-electron chi connectivity index (χ3n) is 2.39. The molecule has 88 valence electrons. The van der Waals surface area contributed by atoms with E-state index in [0.717, 1.165) is 12.8 Å². The lowest BCUT2D eigenvalue weighted by molar-refractivity contribution is 0.415. The quantitative estimate of drug-likeness (QED) is 0.929. The highest BCUT2D eigenvalue weighted by Gasteiger charge is 2.36. The maximum Gasteiger partial charge on any atom is 0.235 e. The van der Waals surface area contributed by atoms with E-state index in [0.29, 0.717) is 15.9 Å². The first-order valence-corrected chi connectivity index (χ1v) is 7.22. The molecule has 2 rings (SSSR count). The first kappa shape index (κ1) is 11.7. The van der Waals surface area contributed by atoms with Gasteiger partial charge in [0, 0.05) is 10.5 Å². The number of nitrogens with one attached hydrogen (secondary N) is 1. The van der Waals surface area contributed by atoms with Gasteiger partial charge >= 0.3 is 0 Å². The minimum atomic E-state index is -3.22. The van der Waals surface area contributed by atoms with E-state index in [1.165, 1.54) is 0 Å². The number of methoxy groups -OCH3 is 1. The lowest BCUT2D eigenvalue weighted by Crippen LogP contribution is -2.17. The SMILES string of the molecule is COc1ccc(Br)c(NS(=O)(=O)C2CC2)c1. The number of ether oxygens (including phenoxy) is 1. The Bertz CT molecular complexity index is 497. The fourth-order valence-corrected chi connectivity index (χ4v) is 3.20. The topological polar surface area (TPSA) is 55.4 Å². The first-order chi connectivity index (χ1) is 7.53. The van der Waals surface area contributed by atoms with Crippen molar-refractivity contribution >= 4 is 31.6 Å². The molecule has 0 heterocycles. The summed E-state index contributed by atoms with van der Waals surface area (Å²) in [5.41, 5.74) is 0.520. The van der Waals surface area contributed by atoms with Gasteiger partial charge in [-0.2, -0.15) is 0 Å². The fraction of sp³-hybridized carbons (Fsp3) is 0.400. The third kappa shape index (κ3) is 2.49. The Labute approximate surface area is 103 Å². The molecule has 1 aliphatic carbocycles. The van der Waals surface area contributed by atoms with Crippen LogP contribution in [0.15, 0.2) is 22.7 Å². The Kier molecular flexibility index (Phi) is 3.12. The van der Waals surface area contributed by atoms with E-state index in [1.54, 1.807) is 25.3 Å². The maximum absolute atomic E-state index is 11.7. The number of hydrogen-bond acceptors (Lipinski definition) is 3. The van der Waals surface area contributed by atoms with E-state index >= 15 is 0 Å². The number of rotatable bonds is 4. The molecule has 0 saturated heterocycles. The molecule has 1 aromatic carbocycles. The van der Waals surface area contributed by atoms with Crippen molar-refractivity contribution in [3.05, 3.63) is 22.7 Å². The molecule has 1 saturated carbocycles. The molecule has 0 radical (unpaired) electrons. The molecular formula is C10H12BrNO3S. The second-order valence-corrected chi connectivity index (χ2v) is 6.51. The fourth-order valence-electron chi connectivity index (χ4n) is 1.32. The molecule has 0 bridgehead atoms. The summed E-state index contributed by atoms with van der Waals surface area (Å²) in [4.78, 5) is 0. The average Bonchev–Trinajstić information content (AvgIpc) is 3.04. The van der Waals surface area contributed by atoms with Gasteiger partial charge in [0.05, 0.1) is 18.0 Å². The Morgan fingerprint density at radius 2 is 2.12 bits per heavy atom. The Morgan fingerprint density at radius 1 is 1.44 bits per heavy atom. The smallest absolute Gasteiger partial charge is 0.235 e. The van der Waals surface area contributed by atoms with Gasteiger partial charge in [-0.15, -0.1) is 0 Å². The van der Waals surface area contributed by atoms with E-state index in [4.69, 9.17) is 4.74 Å². The van der Waals surface area contributed by atoms with E-state index < -0.39 is 10.0 Å². The number of anilines is 1. The summed E-state index contributed by atoms with van der Waals surface area (Å²) in [6.07, 6.45) is 1.49. The molecule has 1 fully saturated rings. The van der Waals surface area contributed by atoms with Crippen molar-refractivity contribution < 1.29 is 13.2 Å². The van der Waals surface area contributed by atoms with Crippen molar-refractivity contribution in [1.29, 1.82) is 0 Å². The van der Waals surface area contributed by atoms with E-state index in [2.05, 4.69) is 20.7 Å². The summed E-state index contributed by atoms with van der Waals surface area (Å²) in [5, 5.41) is -0.231. The summed E-state index contributed by atoms with van der Waals surface area (Å²) in [6.45, 7) is 0. The van der Waals surface area contributed by atoms with E-state index in [9.17, 15) is 8.42 Å². The molecule has 0 aromatic heterocycles. The zero-order valence-corrected chi connectivity index (χ0v) is 11.1. The van der Waals surface area contributed by atoms with Crippen LogP contribution >= 0.6 is 15.9 Å². The molecule has 0 aliphatic heterocycles. The van der Waals surface area contributed by atoms with Crippen LogP contribution in [0.2, 0.25) is 0 Å². The third-order valence-corrected chi connectivity index (χ3v) is 4.93. The largest absolute Gasteiger partial charge is 0.497 e. The van der Waals surface area contributed by atoms with Crippen LogP contribution in [-0.2, 0) is 10.0 Å². The molecular weight excluding hydrogens is 294 g/mol. The molecule has 16 heavy (non-hydrogen) atoms. The van der Waals surface area contributed by atoms with Crippen LogP contribution < -0.4 is 9.46 Å². The second kappa shape index (κ2) is 4.25. The zero-order valence-electron chi connectivity index (χ0n) is 8.73. The van der Waals surface area contributed by atoms with Gasteiger partial charge in [-0.25, -0.2) is 8.42 Å². The standard InChI is InChI=1S/C10H12BrNO3S/c1-15-7-2-5-9(11)10(6-7)12-16(13,14)8-3-4-8/h2,5-6,8,12H,3-4H2,1H3. The van der Waals surface area contributed by atoms with Crippen LogP contribution in [0.1, 0.15) is 12.8 Å². The monoisotopic (exact) mass is 305 g/mol. The lowest BCUT2D eigenvalue weighted by atomic mass is 10.3. The van der Waals surface area contributed by atoms with Crippen LogP contribution in [0, 0.1) is 0 Å². The van der Waals surface area contributed by atoms with Crippen LogP contribution in [0.5, 0.6) is 5.75 Å². The second-order valence-electron chi connectivity index (χ2n) is 3.69. The predicted molar refractivity (Wildman–Crippen MR) is 66.3 cm³/mol. The minimum absolute atomic E-state index is 0.231. The van der Waals surface area contributed by atoms with Crippen LogP contribution in [-0.4, -0.2) is 20.8 Å². The number of halogens is 1. The lowest BCUT2D eigenvalue weighted by Gasteiger charge is -2.10. The molecule has 1 aliphatic rings. The Morgan fingerprint density at radius 3 is 2.69 bits per heavy atom. The van der Waals surface area contributed by atoms with Crippen molar-refractivity contribution in [3.63, 3.8) is 0 Å². The highest BCUT2D eigenvalue weighted by Crippen LogP contribution is 2.33. The predicted octanol–water partition coefficient (Wildman–Crippen LogP) is 2.36. The molecule has 1 aromatic rings. The van der Waals surface area contributed by atoms with Crippen LogP contribution in [0.25, 0.3) is 0 Å². The molecule has 1 N–H and O–H groups in total.